The molecule has 2 atom stereocenters. The first-order valence-electron chi connectivity index (χ1n) is 7.05. The van der Waals surface area contributed by atoms with Crippen molar-refractivity contribution in [1.82, 2.24) is 9.97 Å². The highest BCUT2D eigenvalue weighted by Crippen LogP contribution is 2.66. The van der Waals surface area contributed by atoms with Gasteiger partial charge in [-0.3, -0.25) is 4.79 Å². The smallest absolute Gasteiger partial charge is 0.230 e. The van der Waals surface area contributed by atoms with Gasteiger partial charge in [-0.15, -0.1) is 0 Å². The quantitative estimate of drug-likeness (QED) is 0.861. The third-order valence-electron chi connectivity index (χ3n) is 5.53. The molecule has 1 saturated carbocycles. The highest BCUT2D eigenvalue weighted by Gasteiger charge is 2.67. The van der Waals surface area contributed by atoms with E-state index in [9.17, 15) is 4.79 Å². The number of amides is 1. The lowest BCUT2D eigenvalue weighted by molar-refractivity contribution is -0.126. The molecular weight excluding hydrogens is 250 g/mol. The number of benzene rings is 1. The highest BCUT2D eigenvalue weighted by atomic mass is 16.1. The first kappa shape index (κ1) is 11.8. The van der Waals surface area contributed by atoms with E-state index in [-0.39, 0.29) is 17.2 Å². The van der Waals surface area contributed by atoms with Crippen LogP contribution in [0.1, 0.15) is 44.0 Å². The standard InChI is InChI=1S/C16H17N3O/c1-15(2)9-7-8-16(15,14(17)20)13-12(9)18-10-5-3-4-6-11(10)19-13/h3-6,9H,7-8H2,1-2H3,(H2,17,20). The number of carbonyl (C=O) groups is 1. The summed E-state index contributed by atoms with van der Waals surface area (Å²) < 4.78 is 0. The molecule has 2 N–H and O–H groups in total. The number of hydrogen-bond acceptors (Lipinski definition) is 3. The van der Waals surface area contributed by atoms with Crippen LogP contribution in [-0.2, 0) is 10.2 Å². The van der Waals surface area contributed by atoms with Gasteiger partial charge in [0.05, 0.1) is 27.8 Å². The topological polar surface area (TPSA) is 68.9 Å². The van der Waals surface area contributed by atoms with E-state index < -0.39 is 5.41 Å². The summed E-state index contributed by atoms with van der Waals surface area (Å²) in [5.74, 6) is 0.0236. The van der Waals surface area contributed by atoms with Gasteiger partial charge >= 0.3 is 0 Å². The van der Waals surface area contributed by atoms with Gasteiger partial charge in [0.15, 0.2) is 0 Å². The zero-order valence-electron chi connectivity index (χ0n) is 11.7. The normalized spacial score (nSPS) is 29.6. The molecule has 2 bridgehead atoms. The van der Waals surface area contributed by atoms with Crippen LogP contribution in [0.2, 0.25) is 0 Å². The molecule has 1 fully saturated rings. The minimum Gasteiger partial charge on any atom is -0.369 e. The summed E-state index contributed by atoms with van der Waals surface area (Å²) in [4.78, 5) is 21.8. The fraction of sp³-hybridized carbons (Fsp3) is 0.438. The van der Waals surface area contributed by atoms with Gasteiger partial charge in [-0.05, 0) is 30.4 Å². The molecule has 4 nitrogen and oxygen atoms in total. The fourth-order valence-corrected chi connectivity index (χ4v) is 4.37. The Morgan fingerprint density at radius 2 is 1.90 bits per heavy atom. The summed E-state index contributed by atoms with van der Waals surface area (Å²) in [6.07, 6.45) is 1.76. The van der Waals surface area contributed by atoms with Crippen LogP contribution in [0.4, 0.5) is 0 Å². The average molecular weight is 267 g/mol. The van der Waals surface area contributed by atoms with E-state index in [2.05, 4.69) is 13.8 Å². The molecule has 0 saturated heterocycles. The molecule has 0 radical (unpaired) electrons. The summed E-state index contributed by atoms with van der Waals surface area (Å²) >= 11 is 0. The second-order valence-electron chi connectivity index (χ2n) is 6.53. The predicted octanol–water partition coefficient (Wildman–Crippen LogP) is 2.27. The van der Waals surface area contributed by atoms with Crippen molar-refractivity contribution in [2.45, 2.75) is 38.0 Å². The van der Waals surface area contributed by atoms with Crippen LogP contribution in [0.5, 0.6) is 0 Å². The van der Waals surface area contributed by atoms with Gasteiger partial charge in [0.1, 0.15) is 0 Å². The summed E-state index contributed by atoms with van der Waals surface area (Å²) in [6.45, 7) is 4.26. The molecule has 4 rings (SSSR count). The van der Waals surface area contributed by atoms with Crippen LogP contribution in [0.15, 0.2) is 24.3 Å². The maximum absolute atomic E-state index is 12.3. The molecule has 0 spiro atoms. The van der Waals surface area contributed by atoms with E-state index in [4.69, 9.17) is 15.7 Å². The van der Waals surface area contributed by atoms with Crippen LogP contribution in [0.3, 0.4) is 0 Å². The van der Waals surface area contributed by atoms with E-state index in [1.165, 1.54) is 0 Å². The monoisotopic (exact) mass is 267 g/mol. The third-order valence-corrected chi connectivity index (χ3v) is 5.53. The van der Waals surface area contributed by atoms with Gasteiger partial charge in [0.2, 0.25) is 5.91 Å². The molecule has 2 aliphatic rings. The van der Waals surface area contributed by atoms with Crippen molar-refractivity contribution in [2.75, 3.05) is 0 Å². The SMILES string of the molecule is CC1(C)C2CCC1(C(N)=O)c1nc3ccccc3nc12. The zero-order chi connectivity index (χ0) is 14.1. The minimum atomic E-state index is -0.649. The number of aromatic nitrogens is 2. The second kappa shape index (κ2) is 3.37. The van der Waals surface area contributed by atoms with Crippen molar-refractivity contribution in [2.24, 2.45) is 11.1 Å². The number of fused-ring (bicyclic) bond motifs is 6. The molecule has 4 heteroatoms. The molecule has 20 heavy (non-hydrogen) atoms. The molecule has 1 heterocycles. The van der Waals surface area contributed by atoms with Crippen LogP contribution in [0, 0.1) is 5.41 Å². The van der Waals surface area contributed by atoms with Crippen LogP contribution in [-0.4, -0.2) is 15.9 Å². The van der Waals surface area contributed by atoms with Gasteiger partial charge in [-0.2, -0.15) is 0 Å². The largest absolute Gasteiger partial charge is 0.369 e. The molecule has 102 valence electrons. The number of nitrogens with two attached hydrogens (primary N) is 1. The van der Waals surface area contributed by atoms with E-state index >= 15 is 0 Å². The molecule has 2 unspecified atom stereocenters. The second-order valence-corrected chi connectivity index (χ2v) is 6.53. The Labute approximate surface area is 117 Å². The number of nitrogens with zero attached hydrogens (tertiary/aromatic N) is 2. The Balaban J connectivity index is 2.10. The minimum absolute atomic E-state index is 0.196. The molecule has 1 amide bonds. The van der Waals surface area contributed by atoms with Gasteiger partial charge in [0.25, 0.3) is 0 Å². The summed E-state index contributed by atoms with van der Waals surface area (Å²) in [5, 5.41) is 0. The van der Waals surface area contributed by atoms with Gasteiger partial charge < -0.3 is 5.73 Å². The first-order chi connectivity index (χ1) is 9.48. The van der Waals surface area contributed by atoms with Crippen molar-refractivity contribution in [3.8, 4) is 0 Å². The lowest BCUT2D eigenvalue weighted by atomic mass is 9.68. The van der Waals surface area contributed by atoms with E-state index in [0.717, 1.165) is 35.3 Å². The fourth-order valence-electron chi connectivity index (χ4n) is 4.37. The van der Waals surface area contributed by atoms with Crippen molar-refractivity contribution in [3.05, 3.63) is 35.7 Å². The molecule has 0 aliphatic heterocycles. The van der Waals surface area contributed by atoms with E-state index in [1.54, 1.807) is 0 Å². The Bertz CT molecular complexity index is 752. The highest BCUT2D eigenvalue weighted by molar-refractivity contribution is 5.91. The maximum Gasteiger partial charge on any atom is 0.230 e. The lowest BCUT2D eigenvalue weighted by Crippen LogP contribution is -2.47. The first-order valence-corrected chi connectivity index (χ1v) is 7.05. The molecular formula is C16H17N3O. The number of primary amides is 1. The molecule has 1 aromatic carbocycles. The molecule has 1 aromatic heterocycles. The van der Waals surface area contributed by atoms with Gasteiger partial charge in [0, 0.05) is 5.92 Å². The van der Waals surface area contributed by atoms with Crippen molar-refractivity contribution in [1.29, 1.82) is 0 Å². The Kier molecular flexibility index (Phi) is 1.99. The van der Waals surface area contributed by atoms with Crippen LogP contribution in [0.25, 0.3) is 11.0 Å². The van der Waals surface area contributed by atoms with Crippen LogP contribution >= 0.6 is 0 Å². The maximum atomic E-state index is 12.3. The van der Waals surface area contributed by atoms with Gasteiger partial charge in [-0.1, -0.05) is 26.0 Å². The third kappa shape index (κ3) is 1.08. The molecule has 2 aromatic rings. The number of rotatable bonds is 1. The van der Waals surface area contributed by atoms with Crippen LogP contribution < -0.4 is 5.73 Å². The Morgan fingerprint density at radius 3 is 2.55 bits per heavy atom. The summed E-state index contributed by atoms with van der Waals surface area (Å²) in [5.41, 5.74) is 8.50. The van der Waals surface area contributed by atoms with E-state index in [1.807, 2.05) is 24.3 Å². The van der Waals surface area contributed by atoms with E-state index in [0.29, 0.717) is 0 Å². The molecule has 2 aliphatic carbocycles. The Hall–Kier alpha value is -1.97. The lowest BCUT2D eigenvalue weighted by Gasteiger charge is -2.34. The van der Waals surface area contributed by atoms with Crippen molar-refractivity contribution in [3.63, 3.8) is 0 Å². The number of para-hydroxylation sites is 2. The zero-order valence-corrected chi connectivity index (χ0v) is 11.7. The summed E-state index contributed by atoms with van der Waals surface area (Å²) in [7, 11) is 0. The van der Waals surface area contributed by atoms with Gasteiger partial charge in [-0.25, -0.2) is 9.97 Å². The average Bonchev–Trinajstić information content (AvgIpc) is 2.79. The number of hydrogen-bond donors (Lipinski definition) is 1. The van der Waals surface area contributed by atoms with Crippen molar-refractivity contribution < 1.29 is 4.79 Å². The summed E-state index contributed by atoms with van der Waals surface area (Å²) in [6, 6.07) is 7.82. The predicted molar refractivity (Wildman–Crippen MR) is 76.2 cm³/mol. The number of carbonyl (C=O) groups excluding carboxylic acids is 1. The Morgan fingerprint density at radius 1 is 1.25 bits per heavy atom. The van der Waals surface area contributed by atoms with Crippen molar-refractivity contribution >= 4 is 16.9 Å².